The van der Waals surface area contributed by atoms with Gasteiger partial charge in [0.2, 0.25) is 0 Å². The fourth-order valence-corrected chi connectivity index (χ4v) is 3.06. The van der Waals surface area contributed by atoms with Crippen molar-refractivity contribution in [1.29, 1.82) is 0 Å². The van der Waals surface area contributed by atoms with E-state index in [9.17, 15) is 0 Å². The summed E-state index contributed by atoms with van der Waals surface area (Å²) in [6.45, 7) is 6.07. The maximum absolute atomic E-state index is 5.62. The standard InChI is InChI=1S/C16H22N2O/c1-3-19-13-6-7-16-15(10-13)14(11(2)18-16)9-12-5-4-8-17-12/h6-7,10,12,17-18H,3-5,8-9H2,1-2H3/t12-/m1/s1. The van der Waals surface area contributed by atoms with Crippen LogP contribution in [-0.2, 0) is 6.42 Å². The number of aromatic amines is 1. The normalized spacial score (nSPS) is 19.2. The second-order valence-electron chi connectivity index (χ2n) is 5.37. The molecule has 3 heteroatoms. The van der Waals surface area contributed by atoms with E-state index in [1.807, 2.05) is 13.0 Å². The van der Waals surface area contributed by atoms with Crippen molar-refractivity contribution in [2.24, 2.45) is 0 Å². The molecule has 2 N–H and O–H groups in total. The molecular weight excluding hydrogens is 236 g/mol. The fraction of sp³-hybridized carbons (Fsp3) is 0.500. The van der Waals surface area contributed by atoms with Crippen LogP contribution in [0.3, 0.4) is 0 Å². The highest BCUT2D eigenvalue weighted by atomic mass is 16.5. The quantitative estimate of drug-likeness (QED) is 0.884. The Morgan fingerprint density at radius 3 is 3.00 bits per heavy atom. The smallest absolute Gasteiger partial charge is 0.120 e. The van der Waals surface area contributed by atoms with Gasteiger partial charge in [-0.05, 0) is 63.4 Å². The summed E-state index contributed by atoms with van der Waals surface area (Å²) in [5.74, 6) is 0.967. The third kappa shape index (κ3) is 2.47. The third-order valence-corrected chi connectivity index (χ3v) is 4.01. The topological polar surface area (TPSA) is 37.0 Å². The summed E-state index contributed by atoms with van der Waals surface area (Å²) in [7, 11) is 0. The van der Waals surface area contributed by atoms with Crippen molar-refractivity contribution in [2.75, 3.05) is 13.2 Å². The van der Waals surface area contributed by atoms with Crippen LogP contribution < -0.4 is 10.1 Å². The Balaban J connectivity index is 1.95. The summed E-state index contributed by atoms with van der Waals surface area (Å²) in [5.41, 5.74) is 3.95. The van der Waals surface area contributed by atoms with Gasteiger partial charge in [0, 0.05) is 22.6 Å². The lowest BCUT2D eigenvalue weighted by Crippen LogP contribution is -2.23. The molecule has 3 rings (SSSR count). The first-order chi connectivity index (χ1) is 9.28. The largest absolute Gasteiger partial charge is 0.494 e. The van der Waals surface area contributed by atoms with E-state index >= 15 is 0 Å². The molecule has 0 unspecified atom stereocenters. The summed E-state index contributed by atoms with van der Waals surface area (Å²) in [6, 6.07) is 6.97. The summed E-state index contributed by atoms with van der Waals surface area (Å²) in [4.78, 5) is 3.49. The van der Waals surface area contributed by atoms with Gasteiger partial charge in [-0.25, -0.2) is 0 Å². The van der Waals surface area contributed by atoms with Gasteiger partial charge >= 0.3 is 0 Å². The van der Waals surface area contributed by atoms with E-state index in [1.54, 1.807) is 0 Å². The average Bonchev–Trinajstić information content (AvgIpc) is 3.00. The van der Waals surface area contributed by atoms with E-state index < -0.39 is 0 Å². The van der Waals surface area contributed by atoms with Crippen LogP contribution in [0, 0.1) is 6.92 Å². The van der Waals surface area contributed by atoms with Crippen molar-refractivity contribution in [2.45, 2.75) is 39.2 Å². The molecule has 1 aromatic heterocycles. The zero-order valence-corrected chi connectivity index (χ0v) is 11.8. The fourth-order valence-electron chi connectivity index (χ4n) is 3.06. The molecule has 2 heterocycles. The molecule has 1 aliphatic rings. The lowest BCUT2D eigenvalue weighted by Gasteiger charge is -2.10. The number of nitrogens with one attached hydrogen (secondary N) is 2. The molecular formula is C16H22N2O. The maximum atomic E-state index is 5.62. The van der Waals surface area contributed by atoms with Gasteiger partial charge in [0.15, 0.2) is 0 Å². The molecule has 3 nitrogen and oxygen atoms in total. The Morgan fingerprint density at radius 1 is 1.37 bits per heavy atom. The number of fused-ring (bicyclic) bond motifs is 1. The Hall–Kier alpha value is -1.48. The molecule has 1 aliphatic heterocycles. The first-order valence-electron chi connectivity index (χ1n) is 7.25. The summed E-state index contributed by atoms with van der Waals surface area (Å²) in [6.07, 6.45) is 3.70. The van der Waals surface area contributed by atoms with Gasteiger partial charge in [-0.15, -0.1) is 0 Å². The molecule has 0 saturated carbocycles. The van der Waals surface area contributed by atoms with Gasteiger partial charge < -0.3 is 15.0 Å². The first-order valence-corrected chi connectivity index (χ1v) is 7.25. The molecule has 1 fully saturated rings. The predicted octanol–water partition coefficient (Wildman–Crippen LogP) is 3.17. The molecule has 0 amide bonds. The van der Waals surface area contributed by atoms with Crippen LogP contribution in [0.25, 0.3) is 10.9 Å². The zero-order valence-electron chi connectivity index (χ0n) is 11.8. The van der Waals surface area contributed by atoms with E-state index in [0.29, 0.717) is 12.6 Å². The minimum atomic E-state index is 0.633. The van der Waals surface area contributed by atoms with Gasteiger partial charge in [0.25, 0.3) is 0 Å². The summed E-state index contributed by atoms with van der Waals surface area (Å²) in [5, 5.41) is 4.90. The Bertz CT molecular complexity index is 567. The van der Waals surface area contributed by atoms with Crippen LogP contribution >= 0.6 is 0 Å². The number of benzene rings is 1. The Kier molecular flexibility index (Phi) is 3.47. The van der Waals surface area contributed by atoms with E-state index in [4.69, 9.17) is 4.74 Å². The Morgan fingerprint density at radius 2 is 2.26 bits per heavy atom. The van der Waals surface area contributed by atoms with Crippen molar-refractivity contribution < 1.29 is 4.74 Å². The van der Waals surface area contributed by atoms with Crippen LogP contribution in [0.5, 0.6) is 5.75 Å². The second kappa shape index (κ2) is 5.25. The number of hydrogen-bond donors (Lipinski definition) is 2. The molecule has 2 aromatic rings. The van der Waals surface area contributed by atoms with Crippen LogP contribution in [0.1, 0.15) is 31.0 Å². The van der Waals surface area contributed by atoms with Gasteiger partial charge in [-0.2, -0.15) is 0 Å². The number of hydrogen-bond acceptors (Lipinski definition) is 2. The van der Waals surface area contributed by atoms with Gasteiger partial charge in [-0.1, -0.05) is 0 Å². The first kappa shape index (κ1) is 12.5. The number of rotatable bonds is 4. The lowest BCUT2D eigenvalue weighted by atomic mass is 10.0. The molecule has 0 aliphatic carbocycles. The molecule has 0 bridgehead atoms. The summed E-state index contributed by atoms with van der Waals surface area (Å²) >= 11 is 0. The van der Waals surface area contributed by atoms with E-state index in [-0.39, 0.29) is 0 Å². The van der Waals surface area contributed by atoms with Crippen molar-refractivity contribution in [3.05, 3.63) is 29.5 Å². The van der Waals surface area contributed by atoms with Crippen molar-refractivity contribution in [1.82, 2.24) is 10.3 Å². The highest BCUT2D eigenvalue weighted by molar-refractivity contribution is 5.86. The number of aromatic nitrogens is 1. The molecule has 19 heavy (non-hydrogen) atoms. The summed E-state index contributed by atoms with van der Waals surface area (Å²) < 4.78 is 5.62. The molecule has 1 atom stereocenters. The average molecular weight is 258 g/mol. The van der Waals surface area contributed by atoms with Crippen LogP contribution in [0.2, 0.25) is 0 Å². The molecule has 0 spiro atoms. The minimum Gasteiger partial charge on any atom is -0.494 e. The van der Waals surface area contributed by atoms with Crippen LogP contribution in [0.15, 0.2) is 18.2 Å². The van der Waals surface area contributed by atoms with E-state index in [0.717, 1.165) is 18.7 Å². The zero-order chi connectivity index (χ0) is 13.2. The molecule has 0 radical (unpaired) electrons. The van der Waals surface area contributed by atoms with Crippen molar-refractivity contribution in [3.8, 4) is 5.75 Å². The predicted molar refractivity (Wildman–Crippen MR) is 78.9 cm³/mol. The van der Waals surface area contributed by atoms with Crippen LogP contribution in [0.4, 0.5) is 0 Å². The van der Waals surface area contributed by atoms with Gasteiger partial charge in [-0.3, -0.25) is 0 Å². The SMILES string of the molecule is CCOc1ccc2[nH]c(C)c(C[C@H]3CCCN3)c2c1. The molecule has 102 valence electrons. The van der Waals surface area contributed by atoms with Gasteiger partial charge in [0.1, 0.15) is 5.75 Å². The molecule has 1 aromatic carbocycles. The highest BCUT2D eigenvalue weighted by Crippen LogP contribution is 2.28. The maximum Gasteiger partial charge on any atom is 0.120 e. The number of aryl methyl sites for hydroxylation is 1. The highest BCUT2D eigenvalue weighted by Gasteiger charge is 2.18. The van der Waals surface area contributed by atoms with Crippen LogP contribution in [-0.4, -0.2) is 24.2 Å². The monoisotopic (exact) mass is 258 g/mol. The van der Waals surface area contributed by atoms with E-state index in [1.165, 1.54) is 35.0 Å². The number of H-pyrrole nitrogens is 1. The van der Waals surface area contributed by atoms with E-state index in [2.05, 4.69) is 29.4 Å². The second-order valence-corrected chi connectivity index (χ2v) is 5.37. The molecule has 1 saturated heterocycles. The minimum absolute atomic E-state index is 0.633. The third-order valence-electron chi connectivity index (χ3n) is 4.01. The number of ether oxygens (including phenoxy) is 1. The van der Waals surface area contributed by atoms with Crippen molar-refractivity contribution >= 4 is 10.9 Å². The Labute approximate surface area is 114 Å². The van der Waals surface area contributed by atoms with Crippen molar-refractivity contribution in [3.63, 3.8) is 0 Å². The van der Waals surface area contributed by atoms with Gasteiger partial charge in [0.05, 0.1) is 6.61 Å². The lowest BCUT2D eigenvalue weighted by molar-refractivity contribution is 0.340.